The molecule has 0 heterocycles. The molecule has 1 rings (SSSR count). The number of benzene rings is 1. The second kappa shape index (κ2) is 4.94. The van der Waals surface area contributed by atoms with Gasteiger partial charge in [0.2, 0.25) is 0 Å². The maximum Gasteiger partial charge on any atom is 0.270 e. The molecule has 0 aliphatic rings. The van der Waals surface area contributed by atoms with E-state index in [1.165, 1.54) is 19.2 Å². The van der Waals surface area contributed by atoms with Crippen molar-refractivity contribution in [3.05, 3.63) is 24.0 Å². The number of halogens is 1. The molecule has 15 heavy (non-hydrogen) atoms. The van der Waals surface area contributed by atoms with Crippen LogP contribution in [-0.4, -0.2) is 24.4 Å². The number of carbonyl (C=O) groups excluding carboxylic acids is 1. The molecular weight excluding hydrogens is 203 g/mol. The van der Waals surface area contributed by atoms with Crippen molar-refractivity contribution in [2.24, 2.45) is 5.16 Å². The van der Waals surface area contributed by atoms with E-state index in [9.17, 15) is 9.18 Å². The highest BCUT2D eigenvalue weighted by atomic mass is 19.1. The number of nitrogens with zero attached hydrogens (tertiary/aromatic N) is 1. The number of hydrogen-bond acceptors (Lipinski definition) is 4. The van der Waals surface area contributed by atoms with E-state index in [4.69, 9.17) is 9.94 Å². The molecule has 0 spiro atoms. The number of amides is 1. The van der Waals surface area contributed by atoms with E-state index in [2.05, 4.69) is 10.5 Å². The first kappa shape index (κ1) is 11.0. The van der Waals surface area contributed by atoms with Gasteiger partial charge in [0, 0.05) is 6.07 Å². The van der Waals surface area contributed by atoms with E-state index in [0.717, 1.165) is 6.07 Å². The van der Waals surface area contributed by atoms with Crippen LogP contribution in [-0.2, 0) is 4.79 Å². The number of hydrogen-bond donors (Lipinski definition) is 2. The van der Waals surface area contributed by atoms with Crippen molar-refractivity contribution in [1.29, 1.82) is 0 Å². The Hall–Kier alpha value is -2.11. The van der Waals surface area contributed by atoms with Gasteiger partial charge in [0.25, 0.3) is 5.91 Å². The predicted octanol–water partition coefficient (Wildman–Crippen LogP) is 1.23. The third-order valence-corrected chi connectivity index (χ3v) is 1.61. The molecule has 0 bridgehead atoms. The van der Waals surface area contributed by atoms with Gasteiger partial charge in [-0.25, -0.2) is 4.39 Å². The average Bonchev–Trinajstić information content (AvgIpc) is 2.21. The highest BCUT2D eigenvalue weighted by Gasteiger charge is 2.06. The monoisotopic (exact) mass is 212 g/mol. The number of carbonyl (C=O) groups is 1. The lowest BCUT2D eigenvalue weighted by molar-refractivity contribution is -0.110. The second-order valence-corrected chi connectivity index (χ2v) is 2.58. The first-order chi connectivity index (χ1) is 7.17. The Bertz CT molecular complexity index is 393. The minimum atomic E-state index is -0.732. The van der Waals surface area contributed by atoms with Gasteiger partial charge >= 0.3 is 0 Å². The fraction of sp³-hybridized carbons (Fsp3) is 0.111. The molecule has 0 atom stereocenters. The molecule has 0 aliphatic carbocycles. The number of nitrogens with one attached hydrogen (secondary N) is 1. The molecule has 0 aliphatic heterocycles. The summed E-state index contributed by atoms with van der Waals surface area (Å²) < 4.78 is 18.0. The Morgan fingerprint density at radius 2 is 2.40 bits per heavy atom. The maximum atomic E-state index is 13.1. The van der Waals surface area contributed by atoms with Crippen molar-refractivity contribution >= 4 is 17.8 Å². The molecular formula is C9H9FN2O3. The Balaban J connectivity index is 2.88. The average molecular weight is 212 g/mol. The van der Waals surface area contributed by atoms with Gasteiger partial charge in [-0.2, -0.15) is 0 Å². The van der Waals surface area contributed by atoms with Gasteiger partial charge in [-0.3, -0.25) is 4.79 Å². The highest BCUT2D eigenvalue weighted by molar-refractivity contribution is 6.31. The fourth-order valence-corrected chi connectivity index (χ4v) is 0.945. The summed E-state index contributed by atoms with van der Waals surface area (Å²) in [5.74, 6) is -0.923. The lowest BCUT2D eigenvalue weighted by Crippen LogP contribution is -2.13. The molecule has 1 amide bonds. The van der Waals surface area contributed by atoms with Crippen LogP contribution in [0.2, 0.25) is 0 Å². The van der Waals surface area contributed by atoms with E-state index >= 15 is 0 Å². The third-order valence-electron chi connectivity index (χ3n) is 1.61. The van der Waals surface area contributed by atoms with Crippen LogP contribution in [0.15, 0.2) is 23.4 Å². The SMILES string of the molecule is COc1ccc(F)c(NC(=O)/C=N/O)c1. The molecule has 0 unspecified atom stereocenters. The smallest absolute Gasteiger partial charge is 0.270 e. The molecule has 2 N–H and O–H groups in total. The van der Waals surface area contributed by atoms with Crippen LogP contribution in [0.5, 0.6) is 5.75 Å². The predicted molar refractivity (Wildman–Crippen MR) is 51.9 cm³/mol. The van der Waals surface area contributed by atoms with Gasteiger partial charge in [-0.05, 0) is 12.1 Å². The summed E-state index contributed by atoms with van der Waals surface area (Å²) in [5.41, 5.74) is -0.0424. The van der Waals surface area contributed by atoms with E-state index in [1.54, 1.807) is 0 Å². The van der Waals surface area contributed by atoms with Crippen molar-refractivity contribution < 1.29 is 19.1 Å². The fourth-order valence-electron chi connectivity index (χ4n) is 0.945. The molecule has 0 saturated heterocycles. The lowest BCUT2D eigenvalue weighted by Gasteiger charge is -2.05. The zero-order chi connectivity index (χ0) is 11.3. The van der Waals surface area contributed by atoms with Crippen molar-refractivity contribution in [2.75, 3.05) is 12.4 Å². The Labute approximate surface area is 85.2 Å². The largest absolute Gasteiger partial charge is 0.497 e. The number of ether oxygens (including phenoxy) is 1. The molecule has 80 valence electrons. The number of methoxy groups -OCH3 is 1. The molecule has 0 radical (unpaired) electrons. The molecule has 6 heteroatoms. The van der Waals surface area contributed by atoms with E-state index < -0.39 is 11.7 Å². The summed E-state index contributed by atoms with van der Waals surface area (Å²) in [5, 5.41) is 12.8. The van der Waals surface area contributed by atoms with Gasteiger partial charge in [0.15, 0.2) is 0 Å². The molecule has 1 aromatic rings. The van der Waals surface area contributed by atoms with Crippen molar-refractivity contribution in [2.45, 2.75) is 0 Å². The van der Waals surface area contributed by atoms with E-state index in [0.29, 0.717) is 12.0 Å². The number of oxime groups is 1. The minimum Gasteiger partial charge on any atom is -0.497 e. The Morgan fingerprint density at radius 1 is 1.67 bits per heavy atom. The van der Waals surface area contributed by atoms with Gasteiger partial charge in [0.05, 0.1) is 12.8 Å². The third kappa shape index (κ3) is 2.94. The topological polar surface area (TPSA) is 70.9 Å². The summed E-state index contributed by atoms with van der Waals surface area (Å²) in [7, 11) is 1.42. The Morgan fingerprint density at radius 3 is 3.00 bits per heavy atom. The quantitative estimate of drug-likeness (QED) is 0.449. The molecule has 0 saturated carbocycles. The van der Waals surface area contributed by atoms with Gasteiger partial charge in [0.1, 0.15) is 17.8 Å². The van der Waals surface area contributed by atoms with Crippen molar-refractivity contribution in [3.8, 4) is 5.75 Å². The van der Waals surface area contributed by atoms with Gasteiger partial charge in [-0.1, -0.05) is 5.16 Å². The van der Waals surface area contributed by atoms with Gasteiger partial charge in [-0.15, -0.1) is 0 Å². The van der Waals surface area contributed by atoms with Gasteiger partial charge < -0.3 is 15.3 Å². The maximum absolute atomic E-state index is 13.1. The molecule has 0 fully saturated rings. The summed E-state index contributed by atoms with van der Waals surface area (Å²) in [6, 6.07) is 3.90. The lowest BCUT2D eigenvalue weighted by atomic mass is 10.3. The summed E-state index contributed by atoms with van der Waals surface area (Å²) in [4.78, 5) is 10.9. The molecule has 0 aromatic heterocycles. The highest BCUT2D eigenvalue weighted by Crippen LogP contribution is 2.20. The van der Waals surface area contributed by atoms with Crippen molar-refractivity contribution in [3.63, 3.8) is 0 Å². The zero-order valence-electron chi connectivity index (χ0n) is 7.90. The van der Waals surface area contributed by atoms with Crippen LogP contribution in [0.25, 0.3) is 0 Å². The summed E-state index contributed by atoms with van der Waals surface area (Å²) in [6.07, 6.45) is 0.624. The first-order valence-electron chi connectivity index (χ1n) is 3.99. The number of anilines is 1. The van der Waals surface area contributed by atoms with E-state index in [-0.39, 0.29) is 5.69 Å². The van der Waals surface area contributed by atoms with Crippen LogP contribution in [0, 0.1) is 5.82 Å². The van der Waals surface area contributed by atoms with Crippen molar-refractivity contribution in [1.82, 2.24) is 0 Å². The summed E-state index contributed by atoms with van der Waals surface area (Å²) in [6.45, 7) is 0. The zero-order valence-corrected chi connectivity index (χ0v) is 7.90. The number of rotatable bonds is 3. The van der Waals surface area contributed by atoms with Crippen LogP contribution in [0.1, 0.15) is 0 Å². The first-order valence-corrected chi connectivity index (χ1v) is 3.99. The molecule has 1 aromatic carbocycles. The van der Waals surface area contributed by atoms with Crippen LogP contribution < -0.4 is 10.1 Å². The summed E-state index contributed by atoms with van der Waals surface area (Å²) >= 11 is 0. The minimum absolute atomic E-state index is 0.0424. The van der Waals surface area contributed by atoms with Crippen LogP contribution in [0.3, 0.4) is 0 Å². The second-order valence-electron chi connectivity index (χ2n) is 2.58. The normalized spacial score (nSPS) is 10.3. The van der Waals surface area contributed by atoms with Crippen LogP contribution in [0.4, 0.5) is 10.1 Å². The Kier molecular flexibility index (Phi) is 3.61. The van der Waals surface area contributed by atoms with Crippen LogP contribution >= 0.6 is 0 Å². The standard InChI is InChI=1S/C9H9FN2O3/c1-15-6-2-3-7(10)8(4-6)12-9(13)5-11-14/h2-5,14H,1H3,(H,12,13)/b11-5+. The van der Waals surface area contributed by atoms with E-state index in [1.807, 2.05) is 0 Å². The molecule has 5 nitrogen and oxygen atoms in total.